The zero-order valence-electron chi connectivity index (χ0n) is 15.8. The van der Waals surface area contributed by atoms with Crippen molar-refractivity contribution in [1.29, 1.82) is 0 Å². The van der Waals surface area contributed by atoms with Crippen molar-refractivity contribution in [3.05, 3.63) is 70.8 Å². The van der Waals surface area contributed by atoms with Gasteiger partial charge in [0.05, 0.1) is 22.2 Å². The minimum absolute atomic E-state index is 0.105. The highest BCUT2D eigenvalue weighted by Gasteiger charge is 2.39. The second-order valence-corrected chi connectivity index (χ2v) is 7.30. The molecular formula is C22H19N3O4. The molecule has 0 spiro atoms. The van der Waals surface area contributed by atoms with Crippen LogP contribution in [-0.2, 0) is 4.74 Å². The lowest BCUT2D eigenvalue weighted by Gasteiger charge is -2.15. The average molecular weight is 389 g/mol. The number of ketones is 2. The number of rotatable bonds is 4. The number of carbonyl (C=O) groups excluding carboxylic acids is 3. The Morgan fingerprint density at radius 1 is 1.07 bits per heavy atom. The van der Waals surface area contributed by atoms with E-state index in [0.29, 0.717) is 12.1 Å². The largest absolute Gasteiger partial charge is 0.461 e. The molecule has 1 fully saturated rings. The Labute approximate surface area is 166 Å². The SMILES string of the molecule is O=C1c2cccnc2C(=O)c2c1c(C(=O)OCCN1CCCC1)c1ccccn21. The van der Waals surface area contributed by atoms with Crippen LogP contribution >= 0.6 is 0 Å². The molecule has 0 amide bonds. The molecule has 1 saturated heterocycles. The summed E-state index contributed by atoms with van der Waals surface area (Å²) in [5.74, 6) is -1.33. The number of likely N-dealkylation sites (tertiary alicyclic amines) is 1. The molecule has 7 nitrogen and oxygen atoms in total. The van der Waals surface area contributed by atoms with Crippen molar-refractivity contribution < 1.29 is 19.1 Å². The first-order valence-corrected chi connectivity index (χ1v) is 9.74. The third kappa shape index (κ3) is 2.77. The molecule has 4 heterocycles. The first-order chi connectivity index (χ1) is 14.2. The molecule has 1 aliphatic heterocycles. The standard InChI is InChI=1S/C22H19N3O4/c26-20-14-6-5-8-23-18(14)21(27)19-17(20)16(15-7-1-2-11-25(15)19)22(28)29-13-12-24-9-3-4-10-24/h1-2,5-8,11H,3-4,9-10,12-13H2. The molecule has 3 aromatic rings. The Bertz CT molecular complexity index is 1160. The molecule has 5 rings (SSSR count). The van der Waals surface area contributed by atoms with Crippen LogP contribution in [0.1, 0.15) is 55.3 Å². The molecule has 0 unspecified atom stereocenters. The third-order valence-corrected chi connectivity index (χ3v) is 5.60. The van der Waals surface area contributed by atoms with Crippen LogP contribution in [0.3, 0.4) is 0 Å². The topological polar surface area (TPSA) is 81.0 Å². The number of pyridine rings is 2. The third-order valence-electron chi connectivity index (χ3n) is 5.60. The molecule has 3 aromatic heterocycles. The summed E-state index contributed by atoms with van der Waals surface area (Å²) in [5.41, 5.74) is 1.23. The van der Waals surface area contributed by atoms with Gasteiger partial charge in [-0.1, -0.05) is 6.07 Å². The summed E-state index contributed by atoms with van der Waals surface area (Å²) in [6.45, 7) is 2.94. The second-order valence-electron chi connectivity index (χ2n) is 7.30. The lowest BCUT2D eigenvalue weighted by Crippen LogP contribution is -2.26. The molecule has 7 heteroatoms. The summed E-state index contributed by atoms with van der Waals surface area (Å²) >= 11 is 0. The summed E-state index contributed by atoms with van der Waals surface area (Å²) in [6.07, 6.45) is 5.48. The van der Waals surface area contributed by atoms with E-state index in [1.165, 1.54) is 6.20 Å². The van der Waals surface area contributed by atoms with Crippen molar-refractivity contribution in [3.8, 4) is 0 Å². The van der Waals surface area contributed by atoms with Gasteiger partial charge in [0.25, 0.3) is 0 Å². The van der Waals surface area contributed by atoms with Gasteiger partial charge >= 0.3 is 5.97 Å². The van der Waals surface area contributed by atoms with E-state index in [0.717, 1.165) is 25.9 Å². The molecule has 1 aliphatic carbocycles. The normalized spacial score (nSPS) is 16.1. The molecule has 0 bridgehead atoms. The maximum absolute atomic E-state index is 13.2. The van der Waals surface area contributed by atoms with E-state index in [4.69, 9.17) is 4.74 Å². The minimum Gasteiger partial charge on any atom is -0.461 e. The smallest absolute Gasteiger partial charge is 0.341 e. The van der Waals surface area contributed by atoms with Gasteiger partial charge in [-0.2, -0.15) is 0 Å². The lowest BCUT2D eigenvalue weighted by molar-refractivity contribution is 0.0472. The predicted molar refractivity (Wildman–Crippen MR) is 104 cm³/mol. The summed E-state index contributed by atoms with van der Waals surface area (Å²) in [4.78, 5) is 45.6. The van der Waals surface area contributed by atoms with Gasteiger partial charge in [0.2, 0.25) is 5.78 Å². The number of hydrogen-bond acceptors (Lipinski definition) is 6. The Morgan fingerprint density at radius 3 is 2.72 bits per heavy atom. The highest BCUT2D eigenvalue weighted by Crippen LogP contribution is 2.33. The van der Waals surface area contributed by atoms with Gasteiger partial charge in [0, 0.05) is 18.9 Å². The Morgan fingerprint density at radius 2 is 1.90 bits per heavy atom. The van der Waals surface area contributed by atoms with E-state index in [2.05, 4.69) is 9.88 Å². The average Bonchev–Trinajstić information content (AvgIpc) is 3.38. The Balaban J connectivity index is 1.57. The zero-order chi connectivity index (χ0) is 20.0. The molecular weight excluding hydrogens is 370 g/mol. The number of esters is 1. The molecule has 0 aromatic carbocycles. The summed E-state index contributed by atoms with van der Waals surface area (Å²) in [6, 6.07) is 8.41. The van der Waals surface area contributed by atoms with E-state index in [9.17, 15) is 14.4 Å². The predicted octanol–water partition coefficient (Wildman–Crippen LogP) is 2.36. The lowest BCUT2D eigenvalue weighted by atomic mass is 9.89. The van der Waals surface area contributed by atoms with Crippen molar-refractivity contribution in [3.63, 3.8) is 0 Å². The van der Waals surface area contributed by atoms with E-state index < -0.39 is 5.97 Å². The number of carbonyl (C=O) groups is 3. The molecule has 0 N–H and O–H groups in total. The van der Waals surface area contributed by atoms with Crippen LogP contribution in [0.15, 0.2) is 42.7 Å². The van der Waals surface area contributed by atoms with E-state index in [1.54, 1.807) is 40.9 Å². The van der Waals surface area contributed by atoms with E-state index in [1.807, 2.05) is 0 Å². The molecule has 0 saturated carbocycles. The second kappa shape index (κ2) is 6.93. The molecule has 0 radical (unpaired) electrons. The van der Waals surface area contributed by atoms with Gasteiger partial charge in [-0.05, 0) is 50.2 Å². The van der Waals surface area contributed by atoms with Crippen LogP contribution in [0.5, 0.6) is 0 Å². The maximum Gasteiger partial charge on any atom is 0.341 e. The number of aromatic nitrogens is 2. The number of fused-ring (bicyclic) bond motifs is 4. The van der Waals surface area contributed by atoms with Gasteiger partial charge in [-0.25, -0.2) is 4.79 Å². The van der Waals surface area contributed by atoms with Crippen LogP contribution in [0.25, 0.3) is 5.52 Å². The van der Waals surface area contributed by atoms with Crippen molar-refractivity contribution in [2.24, 2.45) is 0 Å². The van der Waals surface area contributed by atoms with Crippen molar-refractivity contribution in [1.82, 2.24) is 14.3 Å². The minimum atomic E-state index is -0.581. The Kier molecular flexibility index (Phi) is 4.24. The van der Waals surface area contributed by atoms with Gasteiger partial charge in [-0.15, -0.1) is 0 Å². The van der Waals surface area contributed by atoms with Gasteiger partial charge in [0.1, 0.15) is 18.0 Å². The first kappa shape index (κ1) is 17.8. The molecule has 29 heavy (non-hydrogen) atoms. The molecule has 146 valence electrons. The van der Waals surface area contributed by atoms with Crippen molar-refractivity contribution in [2.45, 2.75) is 12.8 Å². The highest BCUT2D eigenvalue weighted by molar-refractivity contribution is 6.31. The fourth-order valence-electron chi connectivity index (χ4n) is 4.22. The number of hydrogen-bond donors (Lipinski definition) is 0. The van der Waals surface area contributed by atoms with Gasteiger partial charge in [0.15, 0.2) is 5.78 Å². The van der Waals surface area contributed by atoms with E-state index >= 15 is 0 Å². The molecule has 2 aliphatic rings. The summed E-state index contributed by atoms with van der Waals surface area (Å²) in [7, 11) is 0. The monoisotopic (exact) mass is 389 g/mol. The van der Waals surface area contributed by atoms with Crippen LogP contribution in [0.4, 0.5) is 0 Å². The van der Waals surface area contributed by atoms with Gasteiger partial charge < -0.3 is 9.14 Å². The van der Waals surface area contributed by atoms with Crippen LogP contribution in [-0.4, -0.2) is 58.1 Å². The van der Waals surface area contributed by atoms with Gasteiger partial charge in [-0.3, -0.25) is 19.5 Å². The summed E-state index contributed by atoms with van der Waals surface area (Å²) in [5, 5.41) is 0. The molecule has 0 atom stereocenters. The van der Waals surface area contributed by atoms with Crippen molar-refractivity contribution in [2.75, 3.05) is 26.2 Å². The first-order valence-electron chi connectivity index (χ1n) is 9.74. The van der Waals surface area contributed by atoms with Crippen LogP contribution < -0.4 is 0 Å². The fraction of sp³-hybridized carbons (Fsp3) is 0.273. The Hall–Kier alpha value is -3.32. The number of ether oxygens (including phenoxy) is 1. The highest BCUT2D eigenvalue weighted by atomic mass is 16.5. The maximum atomic E-state index is 13.2. The number of nitrogens with zero attached hydrogens (tertiary/aromatic N) is 3. The van der Waals surface area contributed by atoms with Crippen LogP contribution in [0.2, 0.25) is 0 Å². The fourth-order valence-corrected chi connectivity index (χ4v) is 4.22. The quantitative estimate of drug-likeness (QED) is 0.499. The van der Waals surface area contributed by atoms with E-state index in [-0.39, 0.29) is 46.3 Å². The van der Waals surface area contributed by atoms with Crippen molar-refractivity contribution >= 4 is 23.1 Å². The van der Waals surface area contributed by atoms with Crippen LogP contribution in [0, 0.1) is 0 Å². The zero-order valence-corrected chi connectivity index (χ0v) is 15.8. The summed E-state index contributed by atoms with van der Waals surface area (Å²) < 4.78 is 7.11.